The zero-order chi connectivity index (χ0) is 17.5. The highest BCUT2D eigenvalue weighted by molar-refractivity contribution is 5.90. The zero-order valence-corrected chi connectivity index (χ0v) is 12.9. The van der Waals surface area contributed by atoms with E-state index in [1.54, 1.807) is 0 Å². The topological polar surface area (TPSA) is 82.4 Å². The van der Waals surface area contributed by atoms with Crippen LogP contribution in [0, 0.1) is 23.0 Å². The lowest BCUT2D eigenvalue weighted by Crippen LogP contribution is -2.33. The van der Waals surface area contributed by atoms with E-state index in [1.165, 1.54) is 6.92 Å². The standard InChI is InChI=1S/C16H15F2N3O3/c1-9(22)20-6-11-7-21(15(23)24-11)10-4-12(17)14(13(18)5-10)16(8-19)2-3-16/h4-5,11H,2-3,6-7H2,1H3,(H,20,22)/t11-/m0/s1. The summed E-state index contributed by atoms with van der Waals surface area (Å²) in [4.78, 5) is 23.9. The summed E-state index contributed by atoms with van der Waals surface area (Å²) in [6, 6.07) is 4.04. The maximum atomic E-state index is 14.3. The van der Waals surface area contributed by atoms with Gasteiger partial charge in [-0.25, -0.2) is 13.6 Å². The number of halogens is 2. The molecule has 0 aromatic heterocycles. The fourth-order valence-corrected chi connectivity index (χ4v) is 2.81. The molecule has 0 radical (unpaired) electrons. The Hall–Kier alpha value is -2.69. The molecule has 126 valence electrons. The average Bonchev–Trinajstić information content (AvgIpc) is 3.20. The number of nitrogens with one attached hydrogen (secondary N) is 1. The molecule has 2 amide bonds. The molecule has 0 spiro atoms. The van der Waals surface area contributed by atoms with Gasteiger partial charge in [-0.1, -0.05) is 0 Å². The molecule has 1 aromatic carbocycles. The first-order valence-corrected chi connectivity index (χ1v) is 7.49. The number of hydrogen-bond donors (Lipinski definition) is 1. The molecule has 6 nitrogen and oxygen atoms in total. The summed E-state index contributed by atoms with van der Waals surface area (Å²) in [5.74, 6) is -1.96. The lowest BCUT2D eigenvalue weighted by Gasteiger charge is -2.16. The molecule has 0 bridgehead atoms. The smallest absolute Gasteiger partial charge is 0.414 e. The van der Waals surface area contributed by atoms with E-state index in [0.717, 1.165) is 17.0 Å². The quantitative estimate of drug-likeness (QED) is 0.912. The van der Waals surface area contributed by atoms with Crippen molar-refractivity contribution < 1.29 is 23.1 Å². The van der Waals surface area contributed by atoms with Crippen molar-refractivity contribution in [3.05, 3.63) is 29.3 Å². The van der Waals surface area contributed by atoms with Crippen LogP contribution in [0.5, 0.6) is 0 Å². The highest BCUT2D eigenvalue weighted by Crippen LogP contribution is 2.50. The third-order valence-electron chi connectivity index (χ3n) is 4.23. The second-order valence-electron chi connectivity index (χ2n) is 6.03. The van der Waals surface area contributed by atoms with Crippen LogP contribution in [0.2, 0.25) is 0 Å². The van der Waals surface area contributed by atoms with Crippen LogP contribution in [0.1, 0.15) is 25.3 Å². The molecule has 1 atom stereocenters. The van der Waals surface area contributed by atoms with Crippen molar-refractivity contribution in [3.8, 4) is 6.07 Å². The molecule has 24 heavy (non-hydrogen) atoms. The number of nitrogens with zero attached hydrogens (tertiary/aromatic N) is 2. The molecule has 8 heteroatoms. The average molecular weight is 335 g/mol. The number of ether oxygens (including phenoxy) is 1. The molecule has 1 aliphatic heterocycles. The van der Waals surface area contributed by atoms with Crippen molar-refractivity contribution in [3.63, 3.8) is 0 Å². The number of carbonyl (C=O) groups excluding carboxylic acids is 2. The molecule has 1 aromatic rings. The van der Waals surface area contributed by atoms with Crippen LogP contribution in [0.4, 0.5) is 19.3 Å². The number of anilines is 1. The van der Waals surface area contributed by atoms with Crippen LogP contribution in [0.25, 0.3) is 0 Å². The highest BCUT2D eigenvalue weighted by Gasteiger charge is 2.49. The number of benzene rings is 1. The van der Waals surface area contributed by atoms with Gasteiger partial charge in [0.1, 0.15) is 17.7 Å². The lowest BCUT2D eigenvalue weighted by molar-refractivity contribution is -0.119. The molecule has 1 saturated carbocycles. The second kappa shape index (κ2) is 5.74. The fourth-order valence-electron chi connectivity index (χ4n) is 2.81. The van der Waals surface area contributed by atoms with Gasteiger partial charge in [-0.05, 0) is 25.0 Å². The maximum Gasteiger partial charge on any atom is 0.414 e. The van der Waals surface area contributed by atoms with E-state index >= 15 is 0 Å². The van der Waals surface area contributed by atoms with Gasteiger partial charge in [0, 0.05) is 12.5 Å². The molecule has 0 unspecified atom stereocenters. The van der Waals surface area contributed by atoms with E-state index in [2.05, 4.69) is 5.32 Å². The Morgan fingerprint density at radius 3 is 2.58 bits per heavy atom. The monoisotopic (exact) mass is 335 g/mol. The Bertz CT molecular complexity index is 732. The maximum absolute atomic E-state index is 14.3. The van der Waals surface area contributed by atoms with Crippen LogP contribution >= 0.6 is 0 Å². The number of rotatable bonds is 4. The Morgan fingerprint density at radius 2 is 2.08 bits per heavy atom. The van der Waals surface area contributed by atoms with Gasteiger partial charge in [-0.15, -0.1) is 0 Å². The molecular weight excluding hydrogens is 320 g/mol. The van der Waals surface area contributed by atoms with E-state index in [0.29, 0.717) is 12.8 Å². The predicted molar refractivity (Wildman–Crippen MR) is 79.2 cm³/mol. The van der Waals surface area contributed by atoms with Crippen molar-refractivity contribution in [1.29, 1.82) is 5.26 Å². The van der Waals surface area contributed by atoms with Crippen LogP contribution in [-0.4, -0.2) is 31.2 Å². The predicted octanol–water partition coefficient (Wildman–Crippen LogP) is 1.98. The molecule has 2 fully saturated rings. The molecular formula is C16H15F2N3O3. The van der Waals surface area contributed by atoms with E-state index in [-0.39, 0.29) is 30.2 Å². The van der Waals surface area contributed by atoms with Gasteiger partial charge in [-0.3, -0.25) is 9.69 Å². The molecule has 3 rings (SSSR count). The van der Waals surface area contributed by atoms with E-state index < -0.39 is 29.2 Å². The zero-order valence-electron chi connectivity index (χ0n) is 12.9. The van der Waals surface area contributed by atoms with Gasteiger partial charge < -0.3 is 10.1 Å². The summed E-state index contributed by atoms with van der Waals surface area (Å²) in [7, 11) is 0. The Kier molecular flexibility index (Phi) is 3.87. The summed E-state index contributed by atoms with van der Waals surface area (Å²) in [5, 5.41) is 11.6. The SMILES string of the molecule is CC(=O)NC[C@H]1CN(c2cc(F)c(C3(C#N)CC3)c(F)c2)C(=O)O1. The Balaban J connectivity index is 1.82. The first-order valence-electron chi connectivity index (χ1n) is 7.49. The van der Waals surface area contributed by atoms with Crippen LogP contribution < -0.4 is 10.2 Å². The summed E-state index contributed by atoms with van der Waals surface area (Å²) < 4.78 is 33.7. The minimum absolute atomic E-state index is 0.0258. The van der Waals surface area contributed by atoms with E-state index in [4.69, 9.17) is 10.00 Å². The van der Waals surface area contributed by atoms with Crippen molar-refractivity contribution in [2.24, 2.45) is 0 Å². The second-order valence-corrected chi connectivity index (χ2v) is 6.03. The first-order chi connectivity index (χ1) is 11.4. The lowest BCUT2D eigenvalue weighted by atomic mass is 9.96. The van der Waals surface area contributed by atoms with Gasteiger partial charge in [-0.2, -0.15) is 5.26 Å². The van der Waals surface area contributed by atoms with Gasteiger partial charge in [0.25, 0.3) is 0 Å². The van der Waals surface area contributed by atoms with Crippen molar-refractivity contribution in [2.75, 3.05) is 18.0 Å². The van der Waals surface area contributed by atoms with Crippen molar-refractivity contribution in [1.82, 2.24) is 5.32 Å². The number of amides is 2. The number of carbonyl (C=O) groups is 2. The minimum atomic E-state index is -1.09. The third-order valence-corrected chi connectivity index (χ3v) is 4.23. The van der Waals surface area contributed by atoms with E-state index in [9.17, 15) is 18.4 Å². The van der Waals surface area contributed by atoms with Crippen LogP contribution in [0.15, 0.2) is 12.1 Å². The number of cyclic esters (lactones) is 1. The first kappa shape index (κ1) is 16.2. The van der Waals surface area contributed by atoms with E-state index in [1.807, 2.05) is 6.07 Å². The van der Waals surface area contributed by atoms with Crippen LogP contribution in [-0.2, 0) is 14.9 Å². The van der Waals surface area contributed by atoms with Gasteiger partial charge >= 0.3 is 6.09 Å². The Labute approximate surface area is 137 Å². The molecule has 1 saturated heterocycles. The van der Waals surface area contributed by atoms with Gasteiger partial charge in [0.2, 0.25) is 5.91 Å². The molecule has 1 heterocycles. The number of hydrogen-bond acceptors (Lipinski definition) is 4. The van der Waals surface area contributed by atoms with Crippen LogP contribution in [0.3, 0.4) is 0 Å². The summed E-state index contributed by atoms with van der Waals surface area (Å²) in [6.07, 6.45) is -0.498. The molecule has 1 N–H and O–H groups in total. The minimum Gasteiger partial charge on any atom is -0.442 e. The normalized spacial score (nSPS) is 21.2. The Morgan fingerprint density at radius 1 is 1.46 bits per heavy atom. The van der Waals surface area contributed by atoms with Gasteiger partial charge in [0.15, 0.2) is 0 Å². The molecule has 2 aliphatic rings. The number of nitriles is 1. The summed E-state index contributed by atoms with van der Waals surface area (Å²) in [5.41, 5.74) is -1.31. The third kappa shape index (κ3) is 2.77. The summed E-state index contributed by atoms with van der Waals surface area (Å²) in [6.45, 7) is 1.53. The summed E-state index contributed by atoms with van der Waals surface area (Å²) >= 11 is 0. The largest absolute Gasteiger partial charge is 0.442 e. The van der Waals surface area contributed by atoms with Crippen molar-refractivity contribution >= 4 is 17.7 Å². The van der Waals surface area contributed by atoms with Crippen molar-refractivity contribution in [2.45, 2.75) is 31.3 Å². The van der Waals surface area contributed by atoms with Gasteiger partial charge in [0.05, 0.1) is 30.3 Å². The highest BCUT2D eigenvalue weighted by atomic mass is 19.1. The molecule has 1 aliphatic carbocycles. The fraction of sp³-hybridized carbons (Fsp3) is 0.438.